The summed E-state index contributed by atoms with van der Waals surface area (Å²) >= 11 is 0. The Morgan fingerprint density at radius 1 is 1.32 bits per heavy atom. The van der Waals surface area contributed by atoms with E-state index >= 15 is 0 Å². The van der Waals surface area contributed by atoms with Gasteiger partial charge in [-0.15, -0.1) is 0 Å². The predicted molar refractivity (Wildman–Crippen MR) is 68.7 cm³/mol. The zero-order chi connectivity index (χ0) is 14.3. The highest BCUT2D eigenvalue weighted by Gasteiger charge is 2.14. The Kier molecular flexibility index (Phi) is 6.73. The summed E-state index contributed by atoms with van der Waals surface area (Å²) in [6.07, 6.45) is -3.00. The van der Waals surface area contributed by atoms with Gasteiger partial charge >= 0.3 is 0 Å². The van der Waals surface area contributed by atoms with Gasteiger partial charge in [0.05, 0.1) is 12.7 Å². The molecule has 108 valence electrons. The van der Waals surface area contributed by atoms with Crippen LogP contribution in [0.2, 0.25) is 0 Å². The van der Waals surface area contributed by atoms with E-state index in [1.165, 1.54) is 0 Å². The van der Waals surface area contributed by atoms with Crippen molar-refractivity contribution in [2.45, 2.75) is 32.8 Å². The number of aryl methyl sites for hydroxylation is 1. The predicted octanol–water partition coefficient (Wildman–Crippen LogP) is 3.10. The highest BCUT2D eigenvalue weighted by Crippen LogP contribution is 2.28. The van der Waals surface area contributed by atoms with Gasteiger partial charge in [-0.1, -0.05) is 11.6 Å². The Hall–Kier alpha value is -1.20. The molecule has 0 aliphatic heterocycles. The van der Waals surface area contributed by atoms with Gasteiger partial charge in [0, 0.05) is 18.6 Å². The average molecular weight is 274 g/mol. The van der Waals surface area contributed by atoms with Gasteiger partial charge in [0.15, 0.2) is 0 Å². The van der Waals surface area contributed by atoms with Crippen LogP contribution in [0.15, 0.2) is 18.2 Å². The molecule has 1 rings (SSSR count). The van der Waals surface area contributed by atoms with Gasteiger partial charge in [-0.25, -0.2) is 8.78 Å². The molecule has 0 aliphatic carbocycles. The fourth-order valence-electron chi connectivity index (χ4n) is 1.74. The molecule has 1 N–H and O–H groups in total. The van der Waals surface area contributed by atoms with Gasteiger partial charge in [0.25, 0.3) is 6.43 Å². The number of rotatable bonds is 8. The summed E-state index contributed by atoms with van der Waals surface area (Å²) in [7, 11) is 0. The molecule has 1 unspecified atom stereocenters. The van der Waals surface area contributed by atoms with Crippen molar-refractivity contribution in [2.24, 2.45) is 0 Å². The Morgan fingerprint density at radius 3 is 2.68 bits per heavy atom. The summed E-state index contributed by atoms with van der Waals surface area (Å²) < 4.78 is 34.0. The lowest BCUT2D eigenvalue weighted by atomic mass is 10.0. The summed E-state index contributed by atoms with van der Waals surface area (Å²) in [4.78, 5) is 0. The molecule has 0 spiro atoms. The topological polar surface area (TPSA) is 38.7 Å². The maximum atomic E-state index is 11.9. The number of benzene rings is 1. The maximum Gasteiger partial charge on any atom is 0.261 e. The van der Waals surface area contributed by atoms with Gasteiger partial charge in [-0.05, 0) is 26.0 Å². The Labute approximate surface area is 112 Å². The third kappa shape index (κ3) is 5.53. The molecule has 0 heterocycles. The van der Waals surface area contributed by atoms with Crippen molar-refractivity contribution in [2.75, 3.05) is 19.8 Å². The molecule has 1 aromatic rings. The van der Waals surface area contributed by atoms with Crippen molar-refractivity contribution in [3.8, 4) is 5.75 Å². The molecule has 5 heteroatoms. The molecule has 0 aliphatic rings. The van der Waals surface area contributed by atoms with Crippen molar-refractivity contribution in [1.82, 2.24) is 0 Å². The smallest absolute Gasteiger partial charge is 0.261 e. The Balaban J connectivity index is 2.59. The van der Waals surface area contributed by atoms with E-state index in [1.54, 1.807) is 6.07 Å². The first-order chi connectivity index (χ1) is 9.04. The summed E-state index contributed by atoms with van der Waals surface area (Å²) in [5.41, 5.74) is 1.67. The van der Waals surface area contributed by atoms with E-state index in [1.807, 2.05) is 26.0 Å². The largest absolute Gasteiger partial charge is 0.493 e. The van der Waals surface area contributed by atoms with E-state index in [-0.39, 0.29) is 13.0 Å². The van der Waals surface area contributed by atoms with Gasteiger partial charge in [0.2, 0.25) is 0 Å². The number of ether oxygens (including phenoxy) is 2. The number of aliphatic hydroxyl groups is 1. The van der Waals surface area contributed by atoms with Crippen LogP contribution in [0.25, 0.3) is 0 Å². The lowest BCUT2D eigenvalue weighted by Gasteiger charge is -2.16. The lowest BCUT2D eigenvalue weighted by molar-refractivity contribution is 0.00456. The van der Waals surface area contributed by atoms with E-state index in [9.17, 15) is 13.9 Å². The van der Waals surface area contributed by atoms with E-state index in [2.05, 4.69) is 0 Å². The molecule has 19 heavy (non-hydrogen) atoms. The lowest BCUT2D eigenvalue weighted by Crippen LogP contribution is -2.09. The first kappa shape index (κ1) is 15.9. The second kappa shape index (κ2) is 8.07. The zero-order valence-electron chi connectivity index (χ0n) is 11.2. The van der Waals surface area contributed by atoms with E-state index in [0.29, 0.717) is 17.9 Å². The first-order valence-electron chi connectivity index (χ1n) is 6.32. The van der Waals surface area contributed by atoms with Gasteiger partial charge in [-0.3, -0.25) is 0 Å². The van der Waals surface area contributed by atoms with E-state index < -0.39 is 19.1 Å². The van der Waals surface area contributed by atoms with Crippen LogP contribution in [0.5, 0.6) is 5.75 Å². The second-order valence-electron chi connectivity index (χ2n) is 4.24. The number of aliphatic hydroxyl groups excluding tert-OH is 1. The van der Waals surface area contributed by atoms with Crippen molar-refractivity contribution < 1.29 is 23.4 Å². The highest BCUT2D eigenvalue weighted by atomic mass is 19.3. The summed E-state index contributed by atoms with van der Waals surface area (Å²) in [5.74, 6) is 0.620. The molecule has 1 aromatic carbocycles. The van der Waals surface area contributed by atoms with Crippen molar-refractivity contribution in [3.63, 3.8) is 0 Å². The minimum atomic E-state index is -2.48. The molecule has 0 bridgehead atoms. The molecule has 0 saturated heterocycles. The summed E-state index contributed by atoms with van der Waals surface area (Å²) in [6.45, 7) is 3.77. The molecule has 0 fully saturated rings. The van der Waals surface area contributed by atoms with Crippen LogP contribution in [0.4, 0.5) is 8.78 Å². The standard InChI is InChI=1S/C14H20F2O3/c1-3-19-13-5-4-10(2)8-11(13)12(17)6-7-18-9-14(15)16/h4-5,8,12,14,17H,3,6-7,9H2,1-2H3. The minimum Gasteiger partial charge on any atom is -0.493 e. The number of hydrogen-bond donors (Lipinski definition) is 1. The van der Waals surface area contributed by atoms with Gasteiger partial charge < -0.3 is 14.6 Å². The average Bonchev–Trinajstić information content (AvgIpc) is 2.36. The highest BCUT2D eigenvalue weighted by molar-refractivity contribution is 5.38. The minimum absolute atomic E-state index is 0.0883. The zero-order valence-corrected chi connectivity index (χ0v) is 11.2. The van der Waals surface area contributed by atoms with Crippen LogP contribution in [0, 0.1) is 6.92 Å². The third-order valence-corrected chi connectivity index (χ3v) is 2.60. The van der Waals surface area contributed by atoms with Crippen molar-refractivity contribution in [1.29, 1.82) is 0 Å². The first-order valence-corrected chi connectivity index (χ1v) is 6.32. The normalized spacial score (nSPS) is 12.7. The number of halogens is 2. The molecular weight excluding hydrogens is 254 g/mol. The molecule has 1 atom stereocenters. The molecule has 0 aromatic heterocycles. The molecule has 0 saturated carbocycles. The quantitative estimate of drug-likeness (QED) is 0.740. The van der Waals surface area contributed by atoms with Crippen LogP contribution in [0.3, 0.4) is 0 Å². The van der Waals surface area contributed by atoms with Crippen LogP contribution in [-0.2, 0) is 4.74 Å². The molecular formula is C14H20F2O3. The summed E-state index contributed by atoms with van der Waals surface area (Å²) in [5, 5.41) is 10.1. The molecule has 0 radical (unpaired) electrons. The number of alkyl halides is 2. The Bertz CT molecular complexity index is 383. The Morgan fingerprint density at radius 2 is 2.05 bits per heavy atom. The fourth-order valence-corrected chi connectivity index (χ4v) is 1.74. The summed E-state index contributed by atoms with van der Waals surface area (Å²) in [6, 6.07) is 5.54. The maximum absolute atomic E-state index is 11.9. The van der Waals surface area contributed by atoms with Crippen LogP contribution in [-0.4, -0.2) is 31.4 Å². The molecule has 3 nitrogen and oxygen atoms in total. The SMILES string of the molecule is CCOc1ccc(C)cc1C(O)CCOCC(F)F. The third-order valence-electron chi connectivity index (χ3n) is 2.60. The van der Waals surface area contributed by atoms with Crippen LogP contribution >= 0.6 is 0 Å². The fraction of sp³-hybridized carbons (Fsp3) is 0.571. The number of hydrogen-bond acceptors (Lipinski definition) is 3. The van der Waals surface area contributed by atoms with Crippen molar-refractivity contribution >= 4 is 0 Å². The van der Waals surface area contributed by atoms with E-state index in [4.69, 9.17) is 9.47 Å². The van der Waals surface area contributed by atoms with E-state index in [0.717, 1.165) is 5.56 Å². The van der Waals surface area contributed by atoms with Crippen LogP contribution in [0.1, 0.15) is 30.6 Å². The monoisotopic (exact) mass is 274 g/mol. The second-order valence-corrected chi connectivity index (χ2v) is 4.24. The van der Waals surface area contributed by atoms with Crippen LogP contribution < -0.4 is 4.74 Å². The van der Waals surface area contributed by atoms with Gasteiger partial charge in [0.1, 0.15) is 12.4 Å². The van der Waals surface area contributed by atoms with Crippen molar-refractivity contribution in [3.05, 3.63) is 29.3 Å². The van der Waals surface area contributed by atoms with Gasteiger partial charge in [-0.2, -0.15) is 0 Å². The molecule has 0 amide bonds.